The third kappa shape index (κ3) is 6.12. The van der Waals surface area contributed by atoms with E-state index in [0.717, 1.165) is 0 Å². The smallest absolute Gasteiger partial charge is 0.693 e. The molecule has 0 saturated heterocycles. The van der Waals surface area contributed by atoms with Gasteiger partial charge < -0.3 is 12.3 Å². The van der Waals surface area contributed by atoms with Crippen LogP contribution in [0, 0.1) is 34.3 Å². The fraction of sp³-hybridized carbons (Fsp3) is 1.00. The molecule has 2 nitrogen and oxygen atoms in total. The Morgan fingerprint density at radius 3 is 1.10 bits per heavy atom. The molecular weight excluding hydrogens is 295 g/mol. The van der Waals surface area contributed by atoms with Crippen LogP contribution < -0.4 is 0 Å². The van der Waals surface area contributed by atoms with Crippen LogP contribution in [0.4, 0.5) is 0 Å². The second kappa shape index (κ2) is 8.48. The van der Waals surface area contributed by atoms with Gasteiger partial charge in [0.15, 0.2) is 0 Å². The quantitative estimate of drug-likeness (QED) is 0.707. The van der Waals surface area contributed by atoms with E-state index in [1.165, 1.54) is 18.1 Å². The van der Waals surface area contributed by atoms with Crippen LogP contribution in [0.3, 0.4) is 0 Å². The maximum absolute atomic E-state index is 3.08. The first-order valence-electron chi connectivity index (χ1n) is 3.33. The molecule has 0 aliphatic rings. The Hall–Kier alpha value is 1.38. The number of nitrogens with two attached hydrogens (primary N) is 2. The average molecular weight is 315 g/mol. The number of rotatable bonds is 3. The molecule has 0 spiro atoms. The normalized spacial score (nSPS) is 9.70. The van der Waals surface area contributed by atoms with Gasteiger partial charge in [-0.25, -0.2) is 0 Å². The molecule has 0 aromatic carbocycles. The van der Waals surface area contributed by atoms with Crippen LogP contribution in [-0.2, 0) is 0 Å². The maximum Gasteiger partial charge on any atom is -0.693 e. The first kappa shape index (κ1) is 17.5. The molecule has 0 heterocycles. The van der Waals surface area contributed by atoms with Crippen molar-refractivity contribution in [1.82, 2.24) is 0 Å². The zero-order chi connectivity index (χ0) is 6.62. The summed E-state index contributed by atoms with van der Waals surface area (Å²) < 4.78 is -0.755. The SMILES string of the molecule is CC[Si]([Er+2])(CC)CC.[NH2-].[NH2-]. The van der Waals surface area contributed by atoms with E-state index in [9.17, 15) is 0 Å². The molecule has 0 aliphatic carbocycles. The Labute approximate surface area is 88.0 Å². The Kier molecular flexibility index (Phi) is 14.8. The molecule has 0 radical (unpaired) electrons. The molecule has 0 bridgehead atoms. The Morgan fingerprint density at radius 1 is 0.900 bits per heavy atom. The molecule has 0 fully saturated rings. The summed E-state index contributed by atoms with van der Waals surface area (Å²) in [5.41, 5.74) is 0. The second-order valence-electron chi connectivity index (χ2n) is 2.12. The zero-order valence-electron chi connectivity index (χ0n) is 7.06. The van der Waals surface area contributed by atoms with E-state index in [2.05, 4.69) is 55.1 Å². The van der Waals surface area contributed by atoms with Gasteiger partial charge >= 0.3 is 76.5 Å². The van der Waals surface area contributed by atoms with Crippen LogP contribution >= 0.6 is 0 Å². The monoisotopic (exact) mass is 313 g/mol. The number of hydrogen-bond acceptors (Lipinski definition) is 0. The first-order chi connectivity index (χ1) is 3.68. The Balaban J connectivity index is -0.000000245. The third-order valence-electron chi connectivity index (χ3n) is 1.81. The van der Waals surface area contributed by atoms with Gasteiger partial charge in [-0.2, -0.15) is 0 Å². The van der Waals surface area contributed by atoms with Gasteiger partial charge in [-0.05, 0) is 0 Å². The first-order valence-corrected chi connectivity index (χ1v) is 8.51. The van der Waals surface area contributed by atoms with E-state index in [0.29, 0.717) is 0 Å². The molecule has 0 atom stereocenters. The van der Waals surface area contributed by atoms with E-state index in [4.69, 9.17) is 0 Å². The molecule has 4 N–H and O–H groups in total. The second-order valence-corrected chi connectivity index (χ2v) is 12.2. The topological polar surface area (TPSA) is 67.0 Å². The number of hydrogen-bond donors (Lipinski definition) is 0. The summed E-state index contributed by atoms with van der Waals surface area (Å²) in [5.74, 6) is 0. The van der Waals surface area contributed by atoms with Crippen molar-refractivity contribution in [3.63, 3.8) is 0 Å². The van der Waals surface area contributed by atoms with Crippen LogP contribution in [0.1, 0.15) is 20.8 Å². The third-order valence-corrected chi connectivity index (χ3v) is 11.3. The summed E-state index contributed by atoms with van der Waals surface area (Å²) in [6, 6.07) is 4.26. The van der Waals surface area contributed by atoms with Crippen molar-refractivity contribution >= 4 is 3.29 Å². The van der Waals surface area contributed by atoms with Crippen molar-refractivity contribution in [2.24, 2.45) is 0 Å². The van der Waals surface area contributed by atoms with Gasteiger partial charge in [0.1, 0.15) is 0 Å². The molecule has 0 aromatic rings. The van der Waals surface area contributed by atoms with Crippen LogP contribution in [0.15, 0.2) is 0 Å². The standard InChI is InChI=1S/C6H15Si.Er.2H2N/c1-4-7(5-2)6-3;;;/h4-6H2,1-3H3;;2*1H2/q;+2;2*-1. The molecule has 0 saturated carbocycles. The van der Waals surface area contributed by atoms with E-state index >= 15 is 0 Å². The van der Waals surface area contributed by atoms with Crippen molar-refractivity contribution in [3.05, 3.63) is 12.3 Å². The summed E-state index contributed by atoms with van der Waals surface area (Å²) in [4.78, 5) is 0. The van der Waals surface area contributed by atoms with E-state index in [1.807, 2.05) is 0 Å². The van der Waals surface area contributed by atoms with E-state index in [-0.39, 0.29) is 12.3 Å². The van der Waals surface area contributed by atoms with Crippen molar-refractivity contribution in [2.45, 2.75) is 38.9 Å². The molecule has 4 heteroatoms. The minimum atomic E-state index is -0.755. The fourth-order valence-electron chi connectivity index (χ4n) is 0.750. The van der Waals surface area contributed by atoms with Crippen molar-refractivity contribution in [3.8, 4) is 0 Å². The van der Waals surface area contributed by atoms with Gasteiger partial charge in [0.25, 0.3) is 0 Å². The van der Waals surface area contributed by atoms with Crippen LogP contribution in [-0.4, -0.2) is 3.29 Å². The Morgan fingerprint density at radius 2 is 1.10 bits per heavy atom. The van der Waals surface area contributed by atoms with Gasteiger partial charge in [-0.1, -0.05) is 0 Å². The van der Waals surface area contributed by atoms with Crippen LogP contribution in [0.25, 0.3) is 12.3 Å². The van der Waals surface area contributed by atoms with Gasteiger partial charge in [-0.3, -0.25) is 0 Å². The predicted octanol–water partition coefficient (Wildman–Crippen LogP) is 3.98. The van der Waals surface area contributed by atoms with E-state index in [1.54, 1.807) is 0 Å². The summed E-state index contributed by atoms with van der Waals surface area (Å²) in [6.45, 7) is 6.94. The molecule has 69 valence electrons. The molecule has 0 rings (SSSR count). The van der Waals surface area contributed by atoms with Gasteiger partial charge in [-0.15, -0.1) is 0 Å². The molecule has 0 aliphatic heterocycles. The molecule has 10 heavy (non-hydrogen) atoms. The fourth-order valence-corrected chi connectivity index (χ4v) is 2.25. The summed E-state index contributed by atoms with van der Waals surface area (Å²) >= 11 is 3.08. The van der Waals surface area contributed by atoms with Gasteiger partial charge in [0.2, 0.25) is 0 Å². The van der Waals surface area contributed by atoms with Gasteiger partial charge in [0.05, 0.1) is 0 Å². The average Bonchev–Trinajstić information content (AvgIpc) is 1.87. The molecule has 0 unspecified atom stereocenters. The molecular formula is C6H19ErN2Si. The van der Waals surface area contributed by atoms with E-state index < -0.39 is 3.29 Å². The van der Waals surface area contributed by atoms with Crippen molar-refractivity contribution < 1.29 is 34.3 Å². The van der Waals surface area contributed by atoms with Gasteiger partial charge in [0, 0.05) is 0 Å². The largest absolute Gasteiger partial charge is 0.693 e. The summed E-state index contributed by atoms with van der Waals surface area (Å²) in [6.07, 6.45) is 0. The minimum absolute atomic E-state index is 0. The van der Waals surface area contributed by atoms with Crippen LogP contribution in [0.5, 0.6) is 0 Å². The zero-order valence-corrected chi connectivity index (χ0v) is 9.92. The predicted molar refractivity (Wildman–Crippen MR) is 47.8 cm³/mol. The van der Waals surface area contributed by atoms with Crippen molar-refractivity contribution in [1.29, 1.82) is 0 Å². The molecule has 0 amide bonds. The summed E-state index contributed by atoms with van der Waals surface area (Å²) in [7, 11) is 0. The minimum Gasteiger partial charge on any atom is -0.693 e. The molecule has 0 aromatic heterocycles. The maximum atomic E-state index is 3.08. The van der Waals surface area contributed by atoms with Crippen molar-refractivity contribution in [2.75, 3.05) is 0 Å². The Bertz CT molecular complexity index is 58.5. The van der Waals surface area contributed by atoms with Crippen LogP contribution in [0.2, 0.25) is 18.1 Å². The summed E-state index contributed by atoms with van der Waals surface area (Å²) in [5, 5.41) is 0.